The van der Waals surface area contributed by atoms with Crippen LogP contribution in [0.1, 0.15) is 45.8 Å². The summed E-state index contributed by atoms with van der Waals surface area (Å²) in [6.45, 7) is 0.753. The number of aliphatic hydroxyl groups excluding tert-OH is 1. The van der Waals surface area contributed by atoms with Crippen LogP contribution in [0.15, 0.2) is 6.07 Å². The molecule has 0 saturated heterocycles. The Morgan fingerprint density at radius 2 is 2.15 bits per heavy atom. The third-order valence-corrected chi connectivity index (χ3v) is 6.46. The van der Waals surface area contributed by atoms with Gasteiger partial charge in [-0.25, -0.2) is 0 Å². The highest BCUT2D eigenvalue weighted by molar-refractivity contribution is 7.98. The van der Waals surface area contributed by atoms with Gasteiger partial charge in [-0.1, -0.05) is 0 Å². The van der Waals surface area contributed by atoms with Crippen LogP contribution in [0.5, 0.6) is 0 Å². The van der Waals surface area contributed by atoms with Gasteiger partial charge in [0.2, 0.25) is 0 Å². The van der Waals surface area contributed by atoms with Gasteiger partial charge >= 0.3 is 0 Å². The van der Waals surface area contributed by atoms with E-state index < -0.39 is 0 Å². The number of fused-ring (bicyclic) bond motifs is 1. The second-order valence-corrected chi connectivity index (χ2v) is 7.99. The molecule has 0 radical (unpaired) electrons. The van der Waals surface area contributed by atoms with Crippen LogP contribution < -0.4 is 5.32 Å². The number of nitrogens with one attached hydrogen (secondary N) is 1. The number of aliphatic hydroxyl groups is 1. The first kappa shape index (κ1) is 14.4. The molecule has 0 atom stereocenters. The first-order valence-corrected chi connectivity index (χ1v) is 9.35. The average Bonchev–Trinajstić information content (AvgIpc) is 2.90. The number of hydrogen-bond acceptors (Lipinski definition) is 4. The van der Waals surface area contributed by atoms with Crippen molar-refractivity contribution in [2.24, 2.45) is 5.92 Å². The molecular weight excluding hydrogens is 290 g/mol. The van der Waals surface area contributed by atoms with Crippen molar-refractivity contribution >= 4 is 29.0 Å². The number of aryl methyl sites for hydroxylation is 1. The number of rotatable bonds is 3. The minimum absolute atomic E-state index is 0.0838. The summed E-state index contributed by atoms with van der Waals surface area (Å²) in [6.07, 6.45) is 4.80. The molecule has 3 nitrogen and oxygen atoms in total. The maximum atomic E-state index is 12.2. The van der Waals surface area contributed by atoms with E-state index in [1.165, 1.54) is 16.2 Å². The fourth-order valence-electron chi connectivity index (χ4n) is 2.93. The van der Waals surface area contributed by atoms with Gasteiger partial charge in [-0.15, -0.1) is 11.3 Å². The van der Waals surface area contributed by atoms with Crippen molar-refractivity contribution in [3.05, 3.63) is 21.4 Å². The molecule has 1 amide bonds. The van der Waals surface area contributed by atoms with Crippen molar-refractivity contribution in [2.75, 3.05) is 12.3 Å². The summed E-state index contributed by atoms with van der Waals surface area (Å²) < 4.78 is 0. The largest absolute Gasteiger partial charge is 0.393 e. The number of thioether (sulfide) groups is 1. The number of hydrogen-bond donors (Lipinski definition) is 2. The van der Waals surface area contributed by atoms with E-state index in [0.717, 1.165) is 49.3 Å². The van der Waals surface area contributed by atoms with Gasteiger partial charge in [0.15, 0.2) is 0 Å². The van der Waals surface area contributed by atoms with Gasteiger partial charge in [0, 0.05) is 17.2 Å². The van der Waals surface area contributed by atoms with Crippen LogP contribution in [-0.2, 0) is 12.2 Å². The standard InChI is InChI=1S/C15H21NO2S2/c17-12-3-1-10(2-4-12)8-16-15(18)14-7-11-9-19-6-5-13(11)20-14/h7,10,12,17H,1-6,8-9H2,(H,16,18). The molecule has 1 aliphatic carbocycles. The Labute approximate surface area is 128 Å². The molecule has 5 heteroatoms. The van der Waals surface area contributed by atoms with Crippen molar-refractivity contribution in [3.8, 4) is 0 Å². The zero-order chi connectivity index (χ0) is 13.9. The minimum Gasteiger partial charge on any atom is -0.393 e. The van der Waals surface area contributed by atoms with E-state index >= 15 is 0 Å². The number of amides is 1. The number of carbonyl (C=O) groups is 1. The lowest BCUT2D eigenvalue weighted by atomic mass is 9.87. The Morgan fingerprint density at radius 1 is 1.35 bits per heavy atom. The van der Waals surface area contributed by atoms with E-state index in [4.69, 9.17) is 0 Å². The van der Waals surface area contributed by atoms with Gasteiger partial charge in [-0.05, 0) is 55.4 Å². The van der Waals surface area contributed by atoms with Crippen molar-refractivity contribution < 1.29 is 9.90 Å². The van der Waals surface area contributed by atoms with Crippen LogP contribution in [-0.4, -0.2) is 29.4 Å². The Kier molecular flexibility index (Phi) is 4.68. The molecular formula is C15H21NO2S2. The second kappa shape index (κ2) is 6.50. The van der Waals surface area contributed by atoms with Gasteiger partial charge in [0.05, 0.1) is 11.0 Å². The third kappa shape index (κ3) is 3.38. The molecule has 1 fully saturated rings. The van der Waals surface area contributed by atoms with Gasteiger partial charge < -0.3 is 10.4 Å². The zero-order valence-corrected chi connectivity index (χ0v) is 13.2. The molecule has 0 spiro atoms. The summed E-state index contributed by atoms with van der Waals surface area (Å²) in [4.78, 5) is 14.5. The predicted molar refractivity (Wildman–Crippen MR) is 84.5 cm³/mol. The predicted octanol–water partition coefficient (Wildman–Crippen LogP) is 2.82. The van der Waals surface area contributed by atoms with Gasteiger partial charge in [0.1, 0.15) is 0 Å². The van der Waals surface area contributed by atoms with E-state index in [0.29, 0.717) is 5.92 Å². The van der Waals surface area contributed by atoms with E-state index in [1.54, 1.807) is 11.3 Å². The monoisotopic (exact) mass is 311 g/mol. The summed E-state index contributed by atoms with van der Waals surface area (Å²) in [5.41, 5.74) is 1.36. The molecule has 1 aromatic rings. The molecule has 110 valence electrons. The molecule has 1 aliphatic heterocycles. The topological polar surface area (TPSA) is 49.3 Å². The van der Waals surface area contributed by atoms with Crippen LogP contribution in [0.3, 0.4) is 0 Å². The summed E-state index contributed by atoms with van der Waals surface area (Å²) in [7, 11) is 0. The van der Waals surface area contributed by atoms with Gasteiger partial charge in [-0.3, -0.25) is 4.79 Å². The highest BCUT2D eigenvalue weighted by atomic mass is 32.2. The molecule has 20 heavy (non-hydrogen) atoms. The lowest BCUT2D eigenvalue weighted by Gasteiger charge is -2.25. The Balaban J connectivity index is 1.52. The maximum Gasteiger partial charge on any atom is 0.261 e. The number of thiophene rings is 1. The molecule has 0 unspecified atom stereocenters. The number of carbonyl (C=O) groups excluding carboxylic acids is 1. The average molecular weight is 311 g/mol. The van der Waals surface area contributed by atoms with Crippen LogP contribution in [0.2, 0.25) is 0 Å². The van der Waals surface area contributed by atoms with Crippen LogP contribution in [0, 0.1) is 5.92 Å². The van der Waals surface area contributed by atoms with Crippen LogP contribution >= 0.6 is 23.1 Å². The van der Waals surface area contributed by atoms with E-state index in [9.17, 15) is 9.90 Å². The maximum absolute atomic E-state index is 12.2. The van der Waals surface area contributed by atoms with Gasteiger partial charge in [-0.2, -0.15) is 11.8 Å². The van der Waals surface area contributed by atoms with Crippen molar-refractivity contribution in [1.29, 1.82) is 0 Å². The molecule has 2 aliphatic rings. The van der Waals surface area contributed by atoms with Crippen molar-refractivity contribution in [2.45, 2.75) is 44.0 Å². The highest BCUT2D eigenvalue weighted by Gasteiger charge is 2.21. The summed E-state index contributed by atoms with van der Waals surface area (Å²) in [5.74, 6) is 2.85. The van der Waals surface area contributed by atoms with E-state index in [2.05, 4.69) is 11.4 Å². The quantitative estimate of drug-likeness (QED) is 0.902. The smallest absolute Gasteiger partial charge is 0.261 e. The molecule has 0 aromatic carbocycles. The SMILES string of the molecule is O=C(NCC1CCC(O)CC1)c1cc2c(s1)CCSC2. The normalized spacial score (nSPS) is 26.1. The molecule has 0 bridgehead atoms. The van der Waals surface area contributed by atoms with Crippen LogP contribution in [0.4, 0.5) is 0 Å². The lowest BCUT2D eigenvalue weighted by Crippen LogP contribution is -2.31. The van der Waals surface area contributed by atoms with Gasteiger partial charge in [0.25, 0.3) is 5.91 Å². The fraction of sp³-hybridized carbons (Fsp3) is 0.667. The van der Waals surface area contributed by atoms with Crippen LogP contribution in [0.25, 0.3) is 0 Å². The summed E-state index contributed by atoms with van der Waals surface area (Å²) in [6, 6.07) is 2.08. The van der Waals surface area contributed by atoms with E-state index in [1.807, 2.05) is 11.8 Å². The summed E-state index contributed by atoms with van der Waals surface area (Å²) >= 11 is 3.62. The fourth-order valence-corrected chi connectivity index (χ4v) is 5.22. The zero-order valence-electron chi connectivity index (χ0n) is 11.6. The third-order valence-electron chi connectivity index (χ3n) is 4.22. The van der Waals surface area contributed by atoms with Crippen molar-refractivity contribution in [1.82, 2.24) is 5.32 Å². The molecule has 1 aromatic heterocycles. The first-order chi connectivity index (χ1) is 9.72. The molecule has 1 saturated carbocycles. The molecule has 2 heterocycles. The molecule has 3 rings (SSSR count). The Morgan fingerprint density at radius 3 is 2.90 bits per heavy atom. The molecule has 2 N–H and O–H groups in total. The Bertz CT molecular complexity index is 455. The van der Waals surface area contributed by atoms with Crippen molar-refractivity contribution in [3.63, 3.8) is 0 Å². The summed E-state index contributed by atoms with van der Waals surface area (Å²) in [5, 5.41) is 12.6. The first-order valence-electron chi connectivity index (χ1n) is 7.38. The van der Waals surface area contributed by atoms with E-state index in [-0.39, 0.29) is 12.0 Å². The lowest BCUT2D eigenvalue weighted by molar-refractivity contribution is 0.0913. The minimum atomic E-state index is -0.122. The second-order valence-electron chi connectivity index (χ2n) is 5.75. The highest BCUT2D eigenvalue weighted by Crippen LogP contribution is 2.31. The Hall–Kier alpha value is -0.520.